The van der Waals surface area contributed by atoms with Gasteiger partial charge >= 0.3 is 0 Å². The average Bonchev–Trinajstić information content (AvgIpc) is 2.48. The van der Waals surface area contributed by atoms with Crippen molar-refractivity contribution in [2.45, 2.75) is 18.4 Å². The van der Waals surface area contributed by atoms with E-state index in [0.717, 1.165) is 5.56 Å². The van der Waals surface area contributed by atoms with Crippen LogP contribution in [0.4, 0.5) is 5.69 Å². The van der Waals surface area contributed by atoms with Gasteiger partial charge in [0.05, 0.1) is 4.90 Å². The monoisotopic (exact) mass is 319 g/mol. The third-order valence-electron chi connectivity index (χ3n) is 3.01. The molecule has 0 atom stereocenters. The average molecular weight is 319 g/mol. The number of carbonyl (C=O) groups excluding carboxylic acids is 1. The largest absolute Gasteiger partial charge is 0.326 e. The number of sulfonamides is 1. The number of nitrogens with one attached hydrogen (secondary N) is 1. The zero-order valence-electron chi connectivity index (χ0n) is 12.4. The number of aromatic nitrogens is 1. The van der Waals surface area contributed by atoms with Gasteiger partial charge in [0, 0.05) is 38.6 Å². The Morgan fingerprint density at radius 3 is 2.45 bits per heavy atom. The number of amides is 1. The number of carbonyl (C=O) groups is 1. The van der Waals surface area contributed by atoms with Crippen molar-refractivity contribution in [2.75, 3.05) is 12.4 Å². The predicted octanol–water partition coefficient (Wildman–Crippen LogP) is 1.86. The predicted molar refractivity (Wildman–Crippen MR) is 83.6 cm³/mol. The van der Waals surface area contributed by atoms with Gasteiger partial charge in [0.25, 0.3) is 0 Å². The molecule has 0 saturated carbocycles. The van der Waals surface area contributed by atoms with E-state index < -0.39 is 10.0 Å². The number of rotatable bonds is 5. The summed E-state index contributed by atoms with van der Waals surface area (Å²) in [7, 11) is -2.07. The summed E-state index contributed by atoms with van der Waals surface area (Å²) >= 11 is 0. The number of hydrogen-bond donors (Lipinski definition) is 1. The molecule has 1 amide bonds. The van der Waals surface area contributed by atoms with Gasteiger partial charge in [-0.05, 0) is 35.9 Å². The van der Waals surface area contributed by atoms with E-state index in [1.54, 1.807) is 30.6 Å². The zero-order valence-corrected chi connectivity index (χ0v) is 13.2. The van der Waals surface area contributed by atoms with Crippen LogP contribution in [0.5, 0.6) is 0 Å². The van der Waals surface area contributed by atoms with Gasteiger partial charge in [-0.2, -0.15) is 4.31 Å². The Morgan fingerprint density at radius 1 is 1.23 bits per heavy atom. The molecule has 1 aromatic heterocycles. The first kappa shape index (κ1) is 16.1. The van der Waals surface area contributed by atoms with E-state index >= 15 is 0 Å². The van der Waals surface area contributed by atoms with E-state index in [2.05, 4.69) is 10.3 Å². The Kier molecular flexibility index (Phi) is 4.89. The molecule has 0 aliphatic carbocycles. The van der Waals surface area contributed by atoms with E-state index in [0.29, 0.717) is 5.69 Å². The summed E-state index contributed by atoms with van der Waals surface area (Å²) in [6.07, 6.45) is 3.27. The van der Waals surface area contributed by atoms with E-state index in [1.165, 1.54) is 30.4 Å². The molecular weight excluding hydrogens is 302 g/mol. The molecule has 0 radical (unpaired) electrons. The minimum Gasteiger partial charge on any atom is -0.326 e. The Labute approximate surface area is 129 Å². The van der Waals surface area contributed by atoms with Gasteiger partial charge in [0.2, 0.25) is 15.9 Å². The van der Waals surface area contributed by atoms with Crippen LogP contribution < -0.4 is 5.32 Å². The topological polar surface area (TPSA) is 79.4 Å². The zero-order chi connectivity index (χ0) is 16.2. The highest BCUT2D eigenvalue weighted by Gasteiger charge is 2.20. The van der Waals surface area contributed by atoms with Crippen LogP contribution in [0.25, 0.3) is 0 Å². The first-order valence-electron chi connectivity index (χ1n) is 6.62. The highest BCUT2D eigenvalue weighted by molar-refractivity contribution is 7.89. The van der Waals surface area contributed by atoms with Crippen LogP contribution in [0.3, 0.4) is 0 Å². The Morgan fingerprint density at radius 2 is 1.91 bits per heavy atom. The standard InChI is InChI=1S/C15H17N3O3S/c1-12(19)17-14-5-7-15(8-6-14)22(20,21)18(2)11-13-4-3-9-16-10-13/h3-10H,11H2,1-2H3,(H,17,19). The van der Waals surface area contributed by atoms with E-state index in [-0.39, 0.29) is 17.3 Å². The lowest BCUT2D eigenvalue weighted by Gasteiger charge is -2.17. The minimum atomic E-state index is -3.59. The second-order valence-electron chi connectivity index (χ2n) is 4.83. The van der Waals surface area contributed by atoms with Crippen LogP contribution in [-0.2, 0) is 21.4 Å². The van der Waals surface area contributed by atoms with E-state index in [4.69, 9.17) is 0 Å². The molecule has 0 bridgehead atoms. The molecule has 0 spiro atoms. The van der Waals surface area contributed by atoms with Gasteiger partial charge in [-0.15, -0.1) is 0 Å². The SMILES string of the molecule is CC(=O)Nc1ccc(S(=O)(=O)N(C)Cc2cccnc2)cc1. The molecule has 0 saturated heterocycles. The molecule has 2 rings (SSSR count). The molecule has 0 aliphatic rings. The highest BCUT2D eigenvalue weighted by atomic mass is 32.2. The molecule has 6 nitrogen and oxygen atoms in total. The molecule has 1 heterocycles. The van der Waals surface area contributed by atoms with Crippen molar-refractivity contribution in [2.24, 2.45) is 0 Å². The van der Waals surface area contributed by atoms with Gasteiger partial charge in [0.1, 0.15) is 0 Å². The van der Waals surface area contributed by atoms with Gasteiger partial charge in [-0.1, -0.05) is 6.07 Å². The summed E-state index contributed by atoms with van der Waals surface area (Å²) in [6, 6.07) is 9.65. The molecule has 0 unspecified atom stereocenters. The number of anilines is 1. The molecule has 0 aliphatic heterocycles. The first-order chi connectivity index (χ1) is 10.4. The molecular formula is C15H17N3O3S. The van der Waals surface area contributed by atoms with E-state index in [9.17, 15) is 13.2 Å². The van der Waals surface area contributed by atoms with Crippen molar-refractivity contribution in [3.63, 3.8) is 0 Å². The third-order valence-corrected chi connectivity index (χ3v) is 4.83. The Bertz CT molecular complexity index is 743. The van der Waals surface area contributed by atoms with Crippen LogP contribution in [-0.4, -0.2) is 30.7 Å². The van der Waals surface area contributed by atoms with Crippen LogP contribution in [0.2, 0.25) is 0 Å². The Hall–Kier alpha value is -2.25. The maximum atomic E-state index is 12.5. The van der Waals surface area contributed by atoms with Gasteiger partial charge in [-0.25, -0.2) is 8.42 Å². The minimum absolute atomic E-state index is 0.174. The molecule has 22 heavy (non-hydrogen) atoms. The van der Waals surface area contributed by atoms with Crippen LogP contribution in [0, 0.1) is 0 Å². The number of benzene rings is 1. The van der Waals surface area contributed by atoms with Crippen LogP contribution in [0.1, 0.15) is 12.5 Å². The summed E-state index contributed by atoms with van der Waals surface area (Å²) in [5, 5.41) is 2.60. The lowest BCUT2D eigenvalue weighted by atomic mass is 10.3. The second-order valence-corrected chi connectivity index (χ2v) is 6.87. The van der Waals surface area contributed by atoms with Crippen molar-refractivity contribution >= 4 is 21.6 Å². The van der Waals surface area contributed by atoms with Gasteiger partial charge in [0.15, 0.2) is 0 Å². The summed E-state index contributed by atoms with van der Waals surface area (Å²) < 4.78 is 26.2. The second kappa shape index (κ2) is 6.67. The third kappa shape index (κ3) is 3.90. The fourth-order valence-corrected chi connectivity index (χ4v) is 3.09. The molecule has 1 aromatic carbocycles. The van der Waals surface area contributed by atoms with E-state index in [1.807, 2.05) is 6.07 Å². The molecule has 1 N–H and O–H groups in total. The highest BCUT2D eigenvalue weighted by Crippen LogP contribution is 2.19. The van der Waals surface area contributed by atoms with Gasteiger partial charge < -0.3 is 5.32 Å². The fourth-order valence-electron chi connectivity index (χ4n) is 1.93. The number of pyridine rings is 1. The summed E-state index contributed by atoms with van der Waals surface area (Å²) in [6.45, 7) is 1.63. The Balaban J connectivity index is 2.17. The van der Waals surface area contributed by atoms with Crippen molar-refractivity contribution in [1.29, 1.82) is 0 Å². The quantitative estimate of drug-likeness (QED) is 0.912. The molecule has 116 valence electrons. The fraction of sp³-hybridized carbons (Fsp3) is 0.200. The first-order valence-corrected chi connectivity index (χ1v) is 8.06. The maximum Gasteiger partial charge on any atom is 0.243 e. The lowest BCUT2D eigenvalue weighted by molar-refractivity contribution is -0.114. The summed E-state index contributed by atoms with van der Waals surface area (Å²) in [4.78, 5) is 15.1. The van der Waals surface area contributed by atoms with Crippen molar-refractivity contribution < 1.29 is 13.2 Å². The molecule has 0 fully saturated rings. The molecule has 7 heteroatoms. The molecule has 2 aromatic rings. The summed E-state index contributed by atoms with van der Waals surface area (Å²) in [5.74, 6) is -0.204. The smallest absolute Gasteiger partial charge is 0.243 e. The van der Waals surface area contributed by atoms with Crippen molar-refractivity contribution in [3.05, 3.63) is 54.4 Å². The maximum absolute atomic E-state index is 12.5. The van der Waals surface area contributed by atoms with Crippen LogP contribution in [0.15, 0.2) is 53.7 Å². The normalized spacial score (nSPS) is 11.4. The summed E-state index contributed by atoms with van der Waals surface area (Å²) in [5.41, 5.74) is 1.37. The van der Waals surface area contributed by atoms with Crippen LogP contribution >= 0.6 is 0 Å². The number of hydrogen-bond acceptors (Lipinski definition) is 4. The van der Waals surface area contributed by atoms with Crippen molar-refractivity contribution in [3.8, 4) is 0 Å². The van der Waals surface area contributed by atoms with Crippen molar-refractivity contribution in [1.82, 2.24) is 9.29 Å². The lowest BCUT2D eigenvalue weighted by Crippen LogP contribution is -2.26. The van der Waals surface area contributed by atoms with Gasteiger partial charge in [-0.3, -0.25) is 9.78 Å². The number of nitrogens with zero attached hydrogens (tertiary/aromatic N) is 2.